The summed E-state index contributed by atoms with van der Waals surface area (Å²) in [4.78, 5) is 24.6. The maximum absolute atomic E-state index is 12.4. The summed E-state index contributed by atoms with van der Waals surface area (Å²) in [7, 11) is 0. The van der Waals surface area contributed by atoms with Crippen molar-refractivity contribution in [3.63, 3.8) is 0 Å². The van der Waals surface area contributed by atoms with Crippen molar-refractivity contribution in [2.45, 2.75) is 18.4 Å². The monoisotopic (exact) mass is 349 g/mol. The molecule has 2 aromatic rings. The Kier molecular flexibility index (Phi) is 4.21. The van der Waals surface area contributed by atoms with Gasteiger partial charge in [-0.25, -0.2) is 9.59 Å². The molecular formula is C21H19NO4. The van der Waals surface area contributed by atoms with E-state index in [1.54, 1.807) is 4.90 Å². The van der Waals surface area contributed by atoms with Gasteiger partial charge in [0.2, 0.25) is 0 Å². The number of carboxylic acid groups (broad SMARTS) is 1. The van der Waals surface area contributed by atoms with Crippen molar-refractivity contribution >= 4 is 12.1 Å². The number of ether oxygens (including phenoxy) is 1. The molecule has 1 amide bonds. The number of carbonyl (C=O) groups is 2. The fourth-order valence-corrected chi connectivity index (χ4v) is 3.70. The number of fused-ring (bicyclic) bond motifs is 3. The summed E-state index contributed by atoms with van der Waals surface area (Å²) in [5, 5.41) is 8.72. The SMILES string of the molecule is O=C(O)/C=C/[C@@H]1CCN1C(=O)OCC1c2ccccc2-c2ccccc21. The van der Waals surface area contributed by atoms with Gasteiger partial charge in [-0.3, -0.25) is 0 Å². The molecule has 1 N–H and O–H groups in total. The molecule has 0 radical (unpaired) electrons. The minimum absolute atomic E-state index is 0.0284. The number of carbonyl (C=O) groups excluding carboxylic acids is 1. The Balaban J connectivity index is 1.47. The number of hydrogen-bond acceptors (Lipinski definition) is 3. The molecule has 26 heavy (non-hydrogen) atoms. The fraction of sp³-hybridized carbons (Fsp3) is 0.238. The zero-order chi connectivity index (χ0) is 18.1. The van der Waals surface area contributed by atoms with Crippen LogP contribution in [-0.2, 0) is 9.53 Å². The minimum Gasteiger partial charge on any atom is -0.478 e. The van der Waals surface area contributed by atoms with E-state index in [4.69, 9.17) is 9.84 Å². The molecule has 2 aliphatic rings. The molecule has 1 atom stereocenters. The van der Waals surface area contributed by atoms with E-state index in [1.165, 1.54) is 28.3 Å². The van der Waals surface area contributed by atoms with Gasteiger partial charge >= 0.3 is 12.1 Å². The summed E-state index contributed by atoms with van der Waals surface area (Å²) in [6.45, 7) is 0.865. The Morgan fingerprint density at radius 3 is 2.23 bits per heavy atom. The first-order valence-corrected chi connectivity index (χ1v) is 8.68. The minimum atomic E-state index is -1.01. The highest BCUT2D eigenvalue weighted by molar-refractivity contribution is 5.80. The lowest BCUT2D eigenvalue weighted by Crippen LogP contribution is -2.50. The van der Waals surface area contributed by atoms with Crippen LogP contribution in [0.4, 0.5) is 4.79 Å². The van der Waals surface area contributed by atoms with E-state index in [-0.39, 0.29) is 18.6 Å². The maximum atomic E-state index is 12.4. The average molecular weight is 349 g/mol. The molecule has 0 unspecified atom stereocenters. The van der Waals surface area contributed by atoms with Crippen LogP contribution >= 0.6 is 0 Å². The molecule has 1 aliphatic carbocycles. The lowest BCUT2D eigenvalue weighted by molar-refractivity contribution is -0.131. The quantitative estimate of drug-likeness (QED) is 0.856. The number of benzene rings is 2. The number of carboxylic acids is 1. The molecule has 0 spiro atoms. The number of amides is 1. The number of nitrogens with zero attached hydrogens (tertiary/aromatic N) is 1. The Labute approximate surface area is 151 Å². The van der Waals surface area contributed by atoms with Crippen LogP contribution in [0.5, 0.6) is 0 Å². The second-order valence-corrected chi connectivity index (χ2v) is 6.55. The van der Waals surface area contributed by atoms with Crippen LogP contribution in [0.1, 0.15) is 23.5 Å². The van der Waals surface area contributed by atoms with Gasteiger partial charge < -0.3 is 14.7 Å². The Bertz CT molecular complexity index is 844. The predicted molar refractivity (Wildman–Crippen MR) is 97.0 cm³/mol. The summed E-state index contributed by atoms with van der Waals surface area (Å²) in [5.41, 5.74) is 4.73. The van der Waals surface area contributed by atoms with Crippen LogP contribution in [0, 0.1) is 0 Å². The van der Waals surface area contributed by atoms with Crippen LogP contribution in [-0.4, -0.2) is 41.3 Å². The zero-order valence-electron chi connectivity index (χ0n) is 14.2. The van der Waals surface area contributed by atoms with Gasteiger partial charge in [0.25, 0.3) is 0 Å². The Hall–Kier alpha value is -3.08. The van der Waals surface area contributed by atoms with E-state index in [0.717, 1.165) is 12.5 Å². The maximum Gasteiger partial charge on any atom is 0.410 e. The molecule has 5 nitrogen and oxygen atoms in total. The summed E-state index contributed by atoms with van der Waals surface area (Å²) < 4.78 is 5.59. The van der Waals surface area contributed by atoms with Crippen molar-refractivity contribution < 1.29 is 19.4 Å². The molecular weight excluding hydrogens is 330 g/mol. The molecule has 1 fully saturated rings. The van der Waals surface area contributed by atoms with Crippen molar-refractivity contribution in [2.24, 2.45) is 0 Å². The standard InChI is InChI=1S/C21H19NO4/c23-20(24)10-9-14-11-12-22(14)21(25)26-13-19-17-7-3-1-5-15(17)16-6-2-4-8-18(16)19/h1-10,14,19H,11-13H2,(H,23,24)/b10-9+/t14-/m1/s1. The molecule has 0 bridgehead atoms. The molecule has 5 heteroatoms. The van der Waals surface area contributed by atoms with Crippen molar-refractivity contribution in [1.29, 1.82) is 0 Å². The van der Waals surface area contributed by atoms with Crippen LogP contribution < -0.4 is 0 Å². The second kappa shape index (κ2) is 6.67. The van der Waals surface area contributed by atoms with Crippen LogP contribution in [0.3, 0.4) is 0 Å². The summed E-state index contributed by atoms with van der Waals surface area (Å²) in [5.74, 6) is -0.981. The third-order valence-corrected chi connectivity index (χ3v) is 5.10. The number of hydrogen-bond donors (Lipinski definition) is 1. The van der Waals surface area contributed by atoms with Crippen molar-refractivity contribution in [3.8, 4) is 11.1 Å². The number of aliphatic carboxylic acids is 1. The third-order valence-electron chi connectivity index (χ3n) is 5.10. The first-order chi connectivity index (χ1) is 12.6. The predicted octanol–water partition coefficient (Wildman–Crippen LogP) is 3.65. The fourth-order valence-electron chi connectivity index (χ4n) is 3.70. The van der Waals surface area contributed by atoms with Crippen LogP contribution in [0.25, 0.3) is 11.1 Å². The summed E-state index contributed by atoms with van der Waals surface area (Å²) >= 11 is 0. The third kappa shape index (κ3) is 2.86. The van der Waals surface area contributed by atoms with E-state index in [2.05, 4.69) is 24.3 Å². The average Bonchev–Trinajstić information content (AvgIpc) is 2.93. The summed E-state index contributed by atoms with van der Waals surface area (Å²) in [6.07, 6.45) is 2.98. The molecule has 1 aliphatic heterocycles. The molecule has 0 saturated carbocycles. The van der Waals surface area contributed by atoms with E-state index >= 15 is 0 Å². The zero-order valence-corrected chi connectivity index (χ0v) is 14.2. The van der Waals surface area contributed by atoms with Crippen molar-refractivity contribution in [1.82, 2.24) is 4.90 Å². The van der Waals surface area contributed by atoms with Gasteiger partial charge in [0.15, 0.2) is 0 Å². The van der Waals surface area contributed by atoms with E-state index < -0.39 is 12.1 Å². The largest absolute Gasteiger partial charge is 0.478 e. The second-order valence-electron chi connectivity index (χ2n) is 6.55. The molecule has 4 rings (SSSR count). The van der Waals surface area contributed by atoms with Gasteiger partial charge in [-0.1, -0.05) is 54.6 Å². The first-order valence-electron chi connectivity index (χ1n) is 8.68. The highest BCUT2D eigenvalue weighted by atomic mass is 16.6. The molecule has 2 aromatic carbocycles. The normalized spacial score (nSPS) is 18.3. The van der Waals surface area contributed by atoms with Crippen molar-refractivity contribution in [3.05, 3.63) is 71.8 Å². The highest BCUT2D eigenvalue weighted by Crippen LogP contribution is 2.44. The molecule has 1 saturated heterocycles. The number of likely N-dealkylation sites (tertiary alicyclic amines) is 1. The Morgan fingerprint density at radius 1 is 1.08 bits per heavy atom. The van der Waals surface area contributed by atoms with Crippen molar-refractivity contribution in [2.75, 3.05) is 13.2 Å². The lowest BCUT2D eigenvalue weighted by Gasteiger charge is -2.38. The van der Waals surface area contributed by atoms with Crippen LogP contribution in [0.2, 0.25) is 0 Å². The van der Waals surface area contributed by atoms with Gasteiger partial charge in [-0.05, 0) is 28.7 Å². The van der Waals surface area contributed by atoms with E-state index in [1.807, 2.05) is 24.3 Å². The molecule has 0 aromatic heterocycles. The van der Waals surface area contributed by atoms with Gasteiger partial charge in [0.05, 0.1) is 6.04 Å². The van der Waals surface area contributed by atoms with Gasteiger partial charge in [-0.2, -0.15) is 0 Å². The highest BCUT2D eigenvalue weighted by Gasteiger charge is 2.34. The van der Waals surface area contributed by atoms with E-state index in [9.17, 15) is 9.59 Å². The first kappa shape index (κ1) is 16.4. The van der Waals surface area contributed by atoms with Crippen LogP contribution in [0.15, 0.2) is 60.7 Å². The molecule has 1 heterocycles. The van der Waals surface area contributed by atoms with Gasteiger partial charge in [-0.15, -0.1) is 0 Å². The van der Waals surface area contributed by atoms with Gasteiger partial charge in [0, 0.05) is 18.5 Å². The smallest absolute Gasteiger partial charge is 0.410 e. The van der Waals surface area contributed by atoms with E-state index in [0.29, 0.717) is 6.54 Å². The Morgan fingerprint density at radius 2 is 1.69 bits per heavy atom. The molecule has 132 valence electrons. The lowest BCUT2D eigenvalue weighted by atomic mass is 9.98. The van der Waals surface area contributed by atoms with Gasteiger partial charge in [0.1, 0.15) is 6.61 Å². The topological polar surface area (TPSA) is 66.8 Å². The summed E-state index contributed by atoms with van der Waals surface area (Å²) in [6, 6.07) is 16.2. The number of rotatable bonds is 4.